The molecule has 2 heteroatoms. The first-order valence-corrected chi connectivity index (χ1v) is 9.99. The molecule has 100 valence electrons. The molecule has 0 aromatic carbocycles. The largest absolute Gasteiger partial charge is 1.00 e. The van der Waals surface area contributed by atoms with Crippen LogP contribution < -0.4 is 12.4 Å². The summed E-state index contributed by atoms with van der Waals surface area (Å²) in [4.78, 5) is 0. The molecule has 0 N–H and O–H groups in total. The molecule has 0 fully saturated rings. The van der Waals surface area contributed by atoms with Gasteiger partial charge in [0.25, 0.3) is 0 Å². The van der Waals surface area contributed by atoms with Gasteiger partial charge in [-0.2, -0.15) is 0 Å². The Kier molecular flexibility index (Phi) is 14.5. The van der Waals surface area contributed by atoms with Crippen molar-refractivity contribution < 1.29 is 12.4 Å². The van der Waals surface area contributed by atoms with Gasteiger partial charge in [0.15, 0.2) is 0 Å². The topological polar surface area (TPSA) is 0 Å². The zero-order valence-electron chi connectivity index (χ0n) is 11.9. The van der Waals surface area contributed by atoms with E-state index in [1.165, 1.54) is 51.4 Å². The van der Waals surface area contributed by atoms with Crippen LogP contribution in [0.5, 0.6) is 0 Å². The standard InChI is InChI=1S/C14H32P.ClH/c1-5-7-9-11-13-15(3,4)14-12-10-8-6-2;/h5-14H2,1-4H3;1H/q+1;/p-1. The molecule has 0 aliphatic heterocycles. The highest BCUT2D eigenvalue weighted by Gasteiger charge is 2.22. The molecule has 0 saturated heterocycles. The van der Waals surface area contributed by atoms with E-state index in [0.29, 0.717) is 0 Å². The van der Waals surface area contributed by atoms with Crippen molar-refractivity contribution in [2.45, 2.75) is 65.2 Å². The smallest absolute Gasteiger partial charge is 0.0589 e. The average Bonchev–Trinajstić information content (AvgIpc) is 2.20. The highest BCUT2D eigenvalue weighted by atomic mass is 35.5. The third kappa shape index (κ3) is 12.8. The maximum absolute atomic E-state index is 2.56. The van der Waals surface area contributed by atoms with Crippen molar-refractivity contribution in [1.29, 1.82) is 0 Å². The van der Waals surface area contributed by atoms with E-state index in [4.69, 9.17) is 0 Å². The number of unbranched alkanes of at least 4 members (excludes halogenated alkanes) is 6. The van der Waals surface area contributed by atoms with E-state index >= 15 is 0 Å². The Morgan fingerprint density at radius 1 is 0.625 bits per heavy atom. The lowest BCUT2D eigenvalue weighted by Gasteiger charge is -2.17. The van der Waals surface area contributed by atoms with Crippen LogP contribution in [0.3, 0.4) is 0 Å². The molecule has 0 bridgehead atoms. The molecule has 0 amide bonds. The summed E-state index contributed by atoms with van der Waals surface area (Å²) in [5.41, 5.74) is 0. The summed E-state index contributed by atoms with van der Waals surface area (Å²) < 4.78 is 0. The Hall–Kier alpha value is 0.720. The minimum absolute atomic E-state index is 0. The average molecular weight is 267 g/mol. The van der Waals surface area contributed by atoms with Gasteiger partial charge in [0, 0.05) is 20.6 Å². The summed E-state index contributed by atoms with van der Waals surface area (Å²) in [6.45, 7) is 9.71. The molecule has 0 spiro atoms. The van der Waals surface area contributed by atoms with Crippen molar-refractivity contribution in [2.75, 3.05) is 25.7 Å². The van der Waals surface area contributed by atoms with Gasteiger partial charge in [-0.3, -0.25) is 0 Å². The van der Waals surface area contributed by atoms with E-state index in [1.54, 1.807) is 12.3 Å². The van der Waals surface area contributed by atoms with Crippen LogP contribution in [-0.2, 0) is 0 Å². The maximum atomic E-state index is 2.56. The quantitative estimate of drug-likeness (QED) is 0.421. The Balaban J connectivity index is 0. The van der Waals surface area contributed by atoms with Crippen LogP contribution in [0.1, 0.15) is 65.2 Å². The molecule has 0 unspecified atom stereocenters. The van der Waals surface area contributed by atoms with E-state index in [0.717, 1.165) is 0 Å². The van der Waals surface area contributed by atoms with Crippen molar-refractivity contribution >= 4 is 7.26 Å². The molecule has 0 saturated carbocycles. The first-order chi connectivity index (χ1) is 7.12. The second kappa shape index (κ2) is 12.2. The van der Waals surface area contributed by atoms with Crippen molar-refractivity contribution in [2.24, 2.45) is 0 Å². The Morgan fingerprint density at radius 2 is 1.00 bits per heavy atom. The lowest BCUT2D eigenvalue weighted by atomic mass is 10.2. The summed E-state index contributed by atoms with van der Waals surface area (Å²) >= 11 is 0. The van der Waals surface area contributed by atoms with Crippen LogP contribution in [0.4, 0.5) is 0 Å². The summed E-state index contributed by atoms with van der Waals surface area (Å²) in [5, 5.41) is 0. The van der Waals surface area contributed by atoms with E-state index in [9.17, 15) is 0 Å². The molecular formula is C14H32ClP. The molecule has 0 heterocycles. The van der Waals surface area contributed by atoms with Crippen LogP contribution in [0.2, 0.25) is 0 Å². The van der Waals surface area contributed by atoms with E-state index in [1.807, 2.05) is 0 Å². The second-order valence-electron chi connectivity index (χ2n) is 5.50. The first kappa shape index (κ1) is 19.1. The fourth-order valence-corrected chi connectivity index (χ4v) is 4.43. The highest BCUT2D eigenvalue weighted by Crippen LogP contribution is 2.52. The van der Waals surface area contributed by atoms with Gasteiger partial charge in [0.1, 0.15) is 0 Å². The van der Waals surface area contributed by atoms with E-state index < -0.39 is 7.26 Å². The number of rotatable bonds is 10. The van der Waals surface area contributed by atoms with Crippen LogP contribution in [-0.4, -0.2) is 25.7 Å². The summed E-state index contributed by atoms with van der Waals surface area (Å²) in [7, 11) is -0.523. The molecule has 16 heavy (non-hydrogen) atoms. The lowest BCUT2D eigenvalue weighted by Crippen LogP contribution is -3.00. The van der Waals surface area contributed by atoms with Gasteiger partial charge < -0.3 is 12.4 Å². The molecule has 0 aliphatic carbocycles. The molecule has 0 aromatic heterocycles. The summed E-state index contributed by atoms with van der Waals surface area (Å²) in [5.74, 6) is 0. The monoisotopic (exact) mass is 266 g/mol. The molecule has 0 atom stereocenters. The first-order valence-electron chi connectivity index (χ1n) is 6.94. The highest BCUT2D eigenvalue weighted by molar-refractivity contribution is 7.74. The third-order valence-corrected chi connectivity index (χ3v) is 6.29. The van der Waals surface area contributed by atoms with Crippen molar-refractivity contribution in [3.8, 4) is 0 Å². The molecule has 0 aromatic rings. The van der Waals surface area contributed by atoms with Crippen LogP contribution in [0, 0.1) is 0 Å². The van der Waals surface area contributed by atoms with E-state index in [2.05, 4.69) is 27.2 Å². The second-order valence-corrected chi connectivity index (χ2v) is 10.3. The number of hydrogen-bond acceptors (Lipinski definition) is 0. The maximum Gasteiger partial charge on any atom is 0.0589 e. The number of hydrogen-bond donors (Lipinski definition) is 0. The minimum atomic E-state index is -0.523. The van der Waals surface area contributed by atoms with Crippen molar-refractivity contribution in [3.05, 3.63) is 0 Å². The number of halogens is 1. The van der Waals surface area contributed by atoms with Crippen LogP contribution in [0.15, 0.2) is 0 Å². The Bertz CT molecular complexity index is 121. The van der Waals surface area contributed by atoms with E-state index in [-0.39, 0.29) is 12.4 Å². The molecule has 0 radical (unpaired) electrons. The molecule has 0 rings (SSSR count). The zero-order valence-corrected chi connectivity index (χ0v) is 13.5. The predicted molar refractivity (Wildman–Crippen MR) is 76.8 cm³/mol. The van der Waals surface area contributed by atoms with Gasteiger partial charge in [-0.1, -0.05) is 39.5 Å². The zero-order chi connectivity index (χ0) is 11.6. The van der Waals surface area contributed by atoms with Gasteiger partial charge >= 0.3 is 0 Å². The third-order valence-electron chi connectivity index (χ3n) is 3.23. The van der Waals surface area contributed by atoms with Crippen molar-refractivity contribution in [3.63, 3.8) is 0 Å². The van der Waals surface area contributed by atoms with Gasteiger partial charge in [-0.05, 0) is 25.7 Å². The molecule has 0 nitrogen and oxygen atoms in total. The lowest BCUT2D eigenvalue weighted by molar-refractivity contribution is -0.00000364. The molecule has 0 aliphatic rings. The SMILES string of the molecule is CCCCCC[P+](C)(C)CCCCCC.[Cl-]. The van der Waals surface area contributed by atoms with Gasteiger partial charge in [0.2, 0.25) is 0 Å². The van der Waals surface area contributed by atoms with Gasteiger partial charge in [-0.25, -0.2) is 0 Å². The molecular weight excluding hydrogens is 235 g/mol. The fraction of sp³-hybridized carbons (Fsp3) is 1.00. The fourth-order valence-electron chi connectivity index (χ4n) is 2.05. The predicted octanol–water partition coefficient (Wildman–Crippen LogP) is 2.43. The normalized spacial score (nSPS) is 11.2. The van der Waals surface area contributed by atoms with Gasteiger partial charge in [-0.15, -0.1) is 0 Å². The van der Waals surface area contributed by atoms with Crippen LogP contribution in [0.25, 0.3) is 0 Å². The minimum Gasteiger partial charge on any atom is -1.00 e. The van der Waals surface area contributed by atoms with Gasteiger partial charge in [0.05, 0.1) is 12.3 Å². The Morgan fingerprint density at radius 3 is 1.31 bits per heavy atom. The summed E-state index contributed by atoms with van der Waals surface area (Å²) in [6.07, 6.45) is 14.6. The van der Waals surface area contributed by atoms with Crippen molar-refractivity contribution in [1.82, 2.24) is 0 Å². The summed E-state index contributed by atoms with van der Waals surface area (Å²) in [6, 6.07) is 0. The Labute approximate surface area is 111 Å². The van der Waals surface area contributed by atoms with Crippen LogP contribution >= 0.6 is 7.26 Å².